The lowest BCUT2D eigenvalue weighted by Crippen LogP contribution is -2.34. The highest BCUT2D eigenvalue weighted by Crippen LogP contribution is 2.25. The fourth-order valence-corrected chi connectivity index (χ4v) is 7.49. The summed E-state index contributed by atoms with van der Waals surface area (Å²) in [6, 6.07) is 3.94. The third-order valence-corrected chi connectivity index (χ3v) is 11.3. The van der Waals surface area contributed by atoms with Gasteiger partial charge in [0.05, 0.1) is 0 Å². The number of pyridine rings is 1. The Bertz CT molecular complexity index is 1270. The number of halogens is 1. The fourth-order valence-electron chi connectivity index (χ4n) is 7.49. The molecule has 0 saturated carbocycles. The SMILES string of the molecule is CCCCC1CCN(c2ncc(CC)cn2)CC1.CCc1cnc(N2CCC(CCCO)CC2)nc1.Cl.OCCCC1CCNCC1.OCCCc1ccncc1. The molecular weight excluding hydrogens is 736 g/mol. The van der Waals surface area contributed by atoms with Gasteiger partial charge in [-0.15, -0.1) is 12.4 Å². The first kappa shape index (κ1) is 50.2. The van der Waals surface area contributed by atoms with Crippen LogP contribution in [0.3, 0.4) is 0 Å². The van der Waals surface area contributed by atoms with Crippen LogP contribution in [0.15, 0.2) is 49.3 Å². The average Bonchev–Trinajstić information content (AvgIpc) is 3.28. The number of piperidine rings is 3. The topological polar surface area (TPSA) is 144 Å². The Hall–Kier alpha value is -2.96. The number of hydrogen-bond donors (Lipinski definition) is 4. The van der Waals surface area contributed by atoms with Crippen molar-refractivity contribution in [3.8, 4) is 0 Å². The number of hydrogen-bond acceptors (Lipinski definition) is 11. The van der Waals surface area contributed by atoms with Crippen molar-refractivity contribution in [2.75, 3.05) is 68.9 Å². The molecule has 3 aliphatic rings. The van der Waals surface area contributed by atoms with E-state index < -0.39 is 0 Å². The summed E-state index contributed by atoms with van der Waals surface area (Å²) in [6.07, 6.45) is 31.1. The summed E-state index contributed by atoms with van der Waals surface area (Å²) in [4.78, 5) is 26.3. The lowest BCUT2D eigenvalue weighted by Gasteiger charge is -2.32. The molecule has 3 fully saturated rings. The van der Waals surface area contributed by atoms with Crippen molar-refractivity contribution in [3.63, 3.8) is 0 Å². The van der Waals surface area contributed by atoms with Crippen molar-refractivity contribution in [1.29, 1.82) is 0 Å². The number of aliphatic hydroxyl groups excluding tert-OH is 3. The van der Waals surface area contributed by atoms with Crippen LogP contribution in [-0.2, 0) is 19.3 Å². The van der Waals surface area contributed by atoms with E-state index in [-0.39, 0.29) is 19.0 Å². The second-order valence-electron chi connectivity index (χ2n) is 15.6. The fraction of sp³-hybridized carbons (Fsp3) is 0.711. The van der Waals surface area contributed by atoms with Crippen molar-refractivity contribution in [2.24, 2.45) is 17.8 Å². The molecular formula is C45H77ClN8O3. The number of nitrogens with one attached hydrogen (secondary N) is 1. The standard InChI is InChI=1S/C15H25N3.C14H23N3O.C8H17NO.C8H11NO.ClH/c1-3-5-6-14-7-9-18(10-8-14)15-16-11-13(4-2)12-17-15;1-2-12-10-15-14(16-11-12)17-7-5-13(6-8-17)4-3-9-18;2*10-7-1-2-8-3-5-9-6-4-8;/h11-12,14H,3-10H2,1-2H3;10-11,13,18H,2-9H2,1H3;8-10H,1-7H2;3-6,10H,1-2,7H2;1H. The summed E-state index contributed by atoms with van der Waals surface area (Å²) in [5.74, 6) is 4.36. The van der Waals surface area contributed by atoms with Gasteiger partial charge in [0.15, 0.2) is 0 Å². The highest BCUT2D eigenvalue weighted by atomic mass is 35.5. The Balaban J connectivity index is 0.000000271. The monoisotopic (exact) mass is 813 g/mol. The van der Waals surface area contributed by atoms with Crippen LogP contribution < -0.4 is 15.1 Å². The molecule has 57 heavy (non-hydrogen) atoms. The van der Waals surface area contributed by atoms with Gasteiger partial charge < -0.3 is 30.4 Å². The number of aromatic nitrogens is 5. The van der Waals surface area contributed by atoms with E-state index in [1.165, 1.54) is 94.0 Å². The molecule has 0 amide bonds. The van der Waals surface area contributed by atoms with Crippen LogP contribution in [0.4, 0.5) is 11.9 Å². The summed E-state index contributed by atoms with van der Waals surface area (Å²) in [7, 11) is 0. The number of aryl methyl sites for hydroxylation is 3. The van der Waals surface area contributed by atoms with Gasteiger partial charge in [0, 0.05) is 83.2 Å². The molecule has 0 aromatic carbocycles. The lowest BCUT2D eigenvalue weighted by molar-refractivity contribution is 0.257. The van der Waals surface area contributed by atoms with E-state index in [1.807, 2.05) is 36.9 Å². The molecule has 0 aliphatic carbocycles. The van der Waals surface area contributed by atoms with Crippen molar-refractivity contribution in [2.45, 2.75) is 130 Å². The van der Waals surface area contributed by atoms with Crippen molar-refractivity contribution >= 4 is 24.3 Å². The Kier molecular flexibility index (Phi) is 28.1. The van der Waals surface area contributed by atoms with Gasteiger partial charge in [-0.1, -0.05) is 40.0 Å². The van der Waals surface area contributed by atoms with Crippen LogP contribution in [0.2, 0.25) is 0 Å². The number of anilines is 2. The van der Waals surface area contributed by atoms with Gasteiger partial charge in [0.25, 0.3) is 0 Å². The van der Waals surface area contributed by atoms with Gasteiger partial charge >= 0.3 is 0 Å². The minimum atomic E-state index is 0. The molecule has 0 unspecified atom stereocenters. The first-order valence-corrected chi connectivity index (χ1v) is 22.1. The first-order valence-electron chi connectivity index (χ1n) is 22.1. The number of aliphatic hydroxyl groups is 3. The zero-order valence-corrected chi connectivity index (χ0v) is 36.4. The van der Waals surface area contributed by atoms with E-state index in [1.54, 1.807) is 12.4 Å². The van der Waals surface area contributed by atoms with Gasteiger partial charge in [-0.2, -0.15) is 0 Å². The van der Waals surface area contributed by atoms with E-state index in [4.69, 9.17) is 15.3 Å². The molecule has 3 saturated heterocycles. The van der Waals surface area contributed by atoms with Gasteiger partial charge in [-0.05, 0) is 150 Å². The lowest BCUT2D eigenvalue weighted by atomic mass is 9.92. The second kappa shape index (κ2) is 32.0. The zero-order valence-electron chi connectivity index (χ0n) is 35.6. The van der Waals surface area contributed by atoms with Gasteiger partial charge in [-0.3, -0.25) is 4.98 Å². The predicted molar refractivity (Wildman–Crippen MR) is 237 cm³/mol. The smallest absolute Gasteiger partial charge is 0.225 e. The van der Waals surface area contributed by atoms with Crippen LogP contribution in [-0.4, -0.2) is 99.3 Å². The van der Waals surface area contributed by atoms with E-state index >= 15 is 0 Å². The molecule has 0 spiro atoms. The maximum absolute atomic E-state index is 8.85. The molecule has 11 nitrogen and oxygen atoms in total. The number of unbranched alkanes of at least 4 members (excludes halogenated alkanes) is 1. The third-order valence-electron chi connectivity index (χ3n) is 11.3. The summed E-state index contributed by atoms with van der Waals surface area (Å²) in [5, 5.41) is 29.3. The zero-order chi connectivity index (χ0) is 40.1. The molecule has 12 heteroatoms. The maximum atomic E-state index is 8.85. The highest BCUT2D eigenvalue weighted by molar-refractivity contribution is 5.85. The maximum Gasteiger partial charge on any atom is 0.225 e. The quantitative estimate of drug-likeness (QED) is 0.113. The van der Waals surface area contributed by atoms with Crippen molar-refractivity contribution in [3.05, 3.63) is 66.0 Å². The Morgan fingerprint density at radius 3 is 1.35 bits per heavy atom. The summed E-state index contributed by atoms with van der Waals surface area (Å²) in [5.41, 5.74) is 3.65. The summed E-state index contributed by atoms with van der Waals surface area (Å²) < 4.78 is 0. The molecule has 322 valence electrons. The van der Waals surface area contributed by atoms with E-state index in [2.05, 4.69) is 60.8 Å². The number of rotatable bonds is 16. The van der Waals surface area contributed by atoms with E-state index in [0.717, 1.165) is 101 Å². The van der Waals surface area contributed by atoms with Gasteiger partial charge in [0.1, 0.15) is 0 Å². The molecule has 0 bridgehead atoms. The van der Waals surface area contributed by atoms with Crippen LogP contribution in [0.25, 0.3) is 0 Å². The molecule has 6 rings (SSSR count). The first-order chi connectivity index (χ1) is 27.5. The number of nitrogens with zero attached hydrogens (tertiary/aromatic N) is 7. The Labute approximate surface area is 351 Å². The van der Waals surface area contributed by atoms with Crippen LogP contribution in [0.5, 0.6) is 0 Å². The molecule has 3 aromatic heterocycles. The Morgan fingerprint density at radius 2 is 0.965 bits per heavy atom. The molecule has 0 atom stereocenters. The van der Waals surface area contributed by atoms with Crippen LogP contribution >= 0.6 is 12.4 Å². The van der Waals surface area contributed by atoms with Gasteiger partial charge in [0.2, 0.25) is 11.9 Å². The van der Waals surface area contributed by atoms with Crippen molar-refractivity contribution < 1.29 is 15.3 Å². The third kappa shape index (κ3) is 21.0. The highest BCUT2D eigenvalue weighted by Gasteiger charge is 2.21. The normalized spacial score (nSPS) is 16.2. The van der Waals surface area contributed by atoms with E-state index in [9.17, 15) is 0 Å². The molecule has 4 N–H and O–H groups in total. The molecule has 3 aromatic rings. The molecule has 3 aliphatic heterocycles. The van der Waals surface area contributed by atoms with E-state index in [0.29, 0.717) is 13.2 Å². The summed E-state index contributed by atoms with van der Waals surface area (Å²) in [6.45, 7) is 14.2. The van der Waals surface area contributed by atoms with Gasteiger partial charge in [-0.25, -0.2) is 19.9 Å². The van der Waals surface area contributed by atoms with Crippen LogP contribution in [0.1, 0.15) is 127 Å². The predicted octanol–water partition coefficient (Wildman–Crippen LogP) is 7.66. The summed E-state index contributed by atoms with van der Waals surface area (Å²) >= 11 is 0. The second-order valence-corrected chi connectivity index (χ2v) is 15.6. The average molecular weight is 814 g/mol. The largest absolute Gasteiger partial charge is 0.396 e. The Morgan fingerprint density at radius 1 is 0.561 bits per heavy atom. The van der Waals surface area contributed by atoms with Crippen LogP contribution in [0, 0.1) is 17.8 Å². The van der Waals surface area contributed by atoms with Crippen molar-refractivity contribution in [1.82, 2.24) is 30.2 Å². The molecule has 0 radical (unpaired) electrons. The molecule has 6 heterocycles. The minimum Gasteiger partial charge on any atom is -0.396 e. The minimum absolute atomic E-state index is 0.